The highest BCUT2D eigenvalue weighted by Crippen LogP contribution is 2.11. The Morgan fingerprint density at radius 2 is 2.00 bits per heavy atom. The van der Waals surface area contributed by atoms with Crippen LogP contribution in [-0.4, -0.2) is 30.5 Å². The van der Waals surface area contributed by atoms with E-state index >= 15 is 0 Å². The van der Waals surface area contributed by atoms with Crippen molar-refractivity contribution in [3.63, 3.8) is 0 Å². The van der Waals surface area contributed by atoms with Crippen LogP contribution in [-0.2, 0) is 16.1 Å². The largest absolute Gasteiger partial charge is 0.497 e. The molecule has 0 bridgehead atoms. The molecular weight excluding hydrogens is 266 g/mol. The molecule has 1 aromatic carbocycles. The molecule has 4 N–H and O–H groups in total. The SMILES string of the molecule is COc1cccc(CNC(=O)C(=O)NCC(N)=S)c1. The molecule has 0 spiro atoms. The van der Waals surface area contributed by atoms with E-state index in [4.69, 9.17) is 10.5 Å². The lowest BCUT2D eigenvalue weighted by atomic mass is 10.2. The number of hydrogen-bond acceptors (Lipinski definition) is 4. The number of methoxy groups -OCH3 is 1. The van der Waals surface area contributed by atoms with Crippen molar-refractivity contribution >= 4 is 29.0 Å². The maximum Gasteiger partial charge on any atom is 0.309 e. The van der Waals surface area contributed by atoms with Gasteiger partial charge in [-0.1, -0.05) is 24.4 Å². The third kappa shape index (κ3) is 5.35. The summed E-state index contributed by atoms with van der Waals surface area (Å²) in [5.74, 6) is -0.820. The first-order valence-electron chi connectivity index (χ1n) is 5.50. The van der Waals surface area contributed by atoms with E-state index in [1.807, 2.05) is 6.07 Å². The second kappa shape index (κ2) is 7.32. The number of rotatable bonds is 5. The van der Waals surface area contributed by atoms with Crippen LogP contribution in [0.1, 0.15) is 5.56 Å². The predicted octanol–water partition coefficient (Wildman–Crippen LogP) is -0.286. The highest BCUT2D eigenvalue weighted by Gasteiger charge is 2.12. The fourth-order valence-electron chi connectivity index (χ4n) is 1.29. The van der Waals surface area contributed by atoms with Gasteiger partial charge >= 0.3 is 11.8 Å². The van der Waals surface area contributed by atoms with Gasteiger partial charge in [0.1, 0.15) is 5.75 Å². The minimum atomic E-state index is -0.768. The number of carbonyl (C=O) groups is 2. The van der Waals surface area contributed by atoms with Crippen molar-refractivity contribution in [1.82, 2.24) is 10.6 Å². The Hall–Kier alpha value is -2.15. The van der Waals surface area contributed by atoms with Gasteiger partial charge in [-0.15, -0.1) is 0 Å². The Morgan fingerprint density at radius 1 is 1.32 bits per heavy atom. The highest BCUT2D eigenvalue weighted by molar-refractivity contribution is 7.80. The van der Waals surface area contributed by atoms with E-state index < -0.39 is 11.8 Å². The third-order valence-corrected chi connectivity index (χ3v) is 2.36. The van der Waals surface area contributed by atoms with Gasteiger partial charge in [0.2, 0.25) is 0 Å². The molecule has 0 atom stereocenters. The van der Waals surface area contributed by atoms with Crippen molar-refractivity contribution in [2.24, 2.45) is 5.73 Å². The van der Waals surface area contributed by atoms with Gasteiger partial charge in [0.05, 0.1) is 18.6 Å². The Bertz CT molecular complexity index is 491. The molecule has 0 aromatic heterocycles. The lowest BCUT2D eigenvalue weighted by Crippen LogP contribution is -2.42. The molecule has 102 valence electrons. The lowest BCUT2D eigenvalue weighted by Gasteiger charge is -2.07. The van der Waals surface area contributed by atoms with Crippen molar-refractivity contribution in [1.29, 1.82) is 0 Å². The van der Waals surface area contributed by atoms with Crippen LogP contribution in [0, 0.1) is 0 Å². The summed E-state index contributed by atoms with van der Waals surface area (Å²) in [7, 11) is 1.56. The number of ether oxygens (including phenoxy) is 1. The minimum Gasteiger partial charge on any atom is -0.497 e. The van der Waals surface area contributed by atoms with E-state index in [0.717, 1.165) is 5.56 Å². The zero-order valence-electron chi connectivity index (χ0n) is 10.4. The van der Waals surface area contributed by atoms with Crippen LogP contribution in [0.5, 0.6) is 5.75 Å². The van der Waals surface area contributed by atoms with Gasteiger partial charge in [-0.25, -0.2) is 0 Å². The molecule has 0 saturated carbocycles. The molecule has 1 rings (SSSR count). The molecule has 6 nitrogen and oxygen atoms in total. The van der Waals surface area contributed by atoms with E-state index in [2.05, 4.69) is 22.9 Å². The molecule has 0 aliphatic carbocycles. The minimum absolute atomic E-state index is 0.000741. The van der Waals surface area contributed by atoms with E-state index in [1.54, 1.807) is 25.3 Å². The molecule has 0 radical (unpaired) electrons. The maximum absolute atomic E-state index is 11.4. The number of hydrogen-bond donors (Lipinski definition) is 3. The average molecular weight is 281 g/mol. The quantitative estimate of drug-likeness (QED) is 0.509. The molecule has 2 amide bonds. The van der Waals surface area contributed by atoms with Gasteiger partial charge in [-0.3, -0.25) is 9.59 Å². The summed E-state index contributed by atoms with van der Waals surface area (Å²) in [6.07, 6.45) is 0. The summed E-state index contributed by atoms with van der Waals surface area (Å²) < 4.78 is 5.05. The molecule has 7 heteroatoms. The first kappa shape index (κ1) is 14.9. The Balaban J connectivity index is 2.44. The third-order valence-electron chi connectivity index (χ3n) is 2.22. The van der Waals surface area contributed by atoms with Gasteiger partial charge in [0, 0.05) is 6.54 Å². The molecule has 0 aliphatic rings. The molecular formula is C12H15N3O3S. The molecule has 0 unspecified atom stereocenters. The van der Waals surface area contributed by atoms with Crippen molar-refractivity contribution < 1.29 is 14.3 Å². The Morgan fingerprint density at radius 3 is 2.63 bits per heavy atom. The summed E-state index contributed by atoms with van der Waals surface area (Å²) in [5.41, 5.74) is 6.04. The first-order chi connectivity index (χ1) is 9.02. The predicted molar refractivity (Wildman–Crippen MR) is 74.6 cm³/mol. The zero-order valence-corrected chi connectivity index (χ0v) is 11.3. The highest BCUT2D eigenvalue weighted by atomic mass is 32.1. The van der Waals surface area contributed by atoms with Crippen LogP contribution in [0.15, 0.2) is 24.3 Å². The van der Waals surface area contributed by atoms with Crippen LogP contribution in [0.25, 0.3) is 0 Å². The molecule has 0 heterocycles. The summed E-state index contributed by atoms with van der Waals surface area (Å²) in [4.78, 5) is 22.9. The second-order valence-electron chi connectivity index (χ2n) is 3.68. The van der Waals surface area contributed by atoms with Crippen molar-refractivity contribution in [3.05, 3.63) is 29.8 Å². The Kier molecular flexibility index (Phi) is 5.74. The molecule has 19 heavy (non-hydrogen) atoms. The van der Waals surface area contributed by atoms with Crippen molar-refractivity contribution in [3.8, 4) is 5.75 Å². The van der Waals surface area contributed by atoms with Gasteiger partial charge in [-0.05, 0) is 17.7 Å². The lowest BCUT2D eigenvalue weighted by molar-refractivity contribution is -0.139. The number of benzene rings is 1. The van der Waals surface area contributed by atoms with Crippen LogP contribution in [0.2, 0.25) is 0 Å². The maximum atomic E-state index is 11.4. The number of nitrogens with two attached hydrogens (primary N) is 1. The monoisotopic (exact) mass is 281 g/mol. The normalized spacial score (nSPS) is 9.53. The molecule has 1 aromatic rings. The summed E-state index contributed by atoms with van der Waals surface area (Å²) in [6.45, 7) is 0.233. The number of amides is 2. The smallest absolute Gasteiger partial charge is 0.309 e. The van der Waals surface area contributed by atoms with Crippen LogP contribution in [0.4, 0.5) is 0 Å². The topological polar surface area (TPSA) is 93.4 Å². The van der Waals surface area contributed by atoms with Crippen LogP contribution >= 0.6 is 12.2 Å². The first-order valence-corrected chi connectivity index (χ1v) is 5.91. The van der Waals surface area contributed by atoms with Crippen molar-refractivity contribution in [2.75, 3.05) is 13.7 Å². The average Bonchev–Trinajstić information content (AvgIpc) is 2.42. The molecule has 0 saturated heterocycles. The zero-order chi connectivity index (χ0) is 14.3. The van der Waals surface area contributed by atoms with Gasteiger partial charge in [0.25, 0.3) is 0 Å². The number of thiocarbonyl (C=S) groups is 1. The van der Waals surface area contributed by atoms with Gasteiger partial charge in [0.15, 0.2) is 0 Å². The molecule has 0 fully saturated rings. The van der Waals surface area contributed by atoms with E-state index in [9.17, 15) is 9.59 Å². The van der Waals surface area contributed by atoms with Gasteiger partial charge < -0.3 is 21.1 Å². The second-order valence-corrected chi connectivity index (χ2v) is 4.21. The molecule has 0 aliphatic heterocycles. The number of carbonyl (C=O) groups excluding carboxylic acids is 2. The fourth-order valence-corrected chi connectivity index (χ4v) is 1.36. The Labute approximate surface area is 116 Å². The summed E-state index contributed by atoms with van der Waals surface area (Å²) in [5, 5.41) is 4.78. The van der Waals surface area contributed by atoms with Crippen LogP contribution < -0.4 is 21.1 Å². The summed E-state index contributed by atoms with van der Waals surface area (Å²) in [6, 6.07) is 7.18. The summed E-state index contributed by atoms with van der Waals surface area (Å²) >= 11 is 4.59. The van der Waals surface area contributed by atoms with E-state index in [-0.39, 0.29) is 18.1 Å². The van der Waals surface area contributed by atoms with Crippen LogP contribution in [0.3, 0.4) is 0 Å². The number of nitrogens with one attached hydrogen (secondary N) is 2. The van der Waals surface area contributed by atoms with Crippen molar-refractivity contribution in [2.45, 2.75) is 6.54 Å². The van der Waals surface area contributed by atoms with E-state index in [1.165, 1.54) is 0 Å². The van der Waals surface area contributed by atoms with E-state index in [0.29, 0.717) is 5.75 Å². The fraction of sp³-hybridized carbons (Fsp3) is 0.250. The van der Waals surface area contributed by atoms with Gasteiger partial charge in [-0.2, -0.15) is 0 Å². The standard InChI is InChI=1S/C12H15N3O3S/c1-18-9-4-2-3-8(5-9)6-14-11(16)12(17)15-7-10(13)19/h2-5H,6-7H2,1H3,(H2,13,19)(H,14,16)(H,15,17).